The van der Waals surface area contributed by atoms with E-state index in [1.165, 1.54) is 10.9 Å². The first-order valence-electron chi connectivity index (χ1n) is 3.45. The smallest absolute Gasteiger partial charge is 0.0625 e. The molecule has 1 unspecified atom stereocenters. The van der Waals surface area contributed by atoms with Crippen LogP contribution in [-0.4, -0.2) is 4.32 Å². The van der Waals surface area contributed by atoms with Gasteiger partial charge in [-0.05, 0) is 18.8 Å². The van der Waals surface area contributed by atoms with Gasteiger partial charge in [0.05, 0.1) is 4.32 Å². The summed E-state index contributed by atoms with van der Waals surface area (Å²) in [6.45, 7) is 6.60. The van der Waals surface area contributed by atoms with E-state index >= 15 is 0 Å². The highest BCUT2D eigenvalue weighted by molar-refractivity contribution is 9.14. The standard InChI is InChI=1S/C8H12Br2/c1-4-6(9)8(10)5-7(8,2)3/h4H,5H2,1-3H3/b6-4-. The fourth-order valence-electron chi connectivity index (χ4n) is 1.20. The molecule has 0 N–H and O–H groups in total. The summed E-state index contributed by atoms with van der Waals surface area (Å²) in [6, 6.07) is 0. The molecule has 0 bridgehead atoms. The molecule has 0 radical (unpaired) electrons. The molecule has 1 aliphatic carbocycles. The van der Waals surface area contributed by atoms with Crippen LogP contribution in [0.4, 0.5) is 0 Å². The van der Waals surface area contributed by atoms with Gasteiger partial charge in [-0.1, -0.05) is 51.8 Å². The lowest BCUT2D eigenvalue weighted by Gasteiger charge is -2.10. The summed E-state index contributed by atoms with van der Waals surface area (Å²) in [5, 5.41) is 0. The zero-order valence-corrected chi connectivity index (χ0v) is 9.71. The lowest BCUT2D eigenvalue weighted by Crippen LogP contribution is -2.06. The van der Waals surface area contributed by atoms with Gasteiger partial charge in [0.15, 0.2) is 0 Å². The van der Waals surface area contributed by atoms with Crippen LogP contribution in [0.25, 0.3) is 0 Å². The van der Waals surface area contributed by atoms with Crippen LogP contribution in [-0.2, 0) is 0 Å². The fraction of sp³-hybridized carbons (Fsp3) is 0.750. The van der Waals surface area contributed by atoms with Crippen molar-refractivity contribution in [1.82, 2.24) is 0 Å². The minimum Gasteiger partial charge on any atom is -0.0789 e. The molecular weight excluding hydrogens is 256 g/mol. The zero-order valence-electron chi connectivity index (χ0n) is 6.54. The minimum absolute atomic E-state index is 0.245. The summed E-state index contributed by atoms with van der Waals surface area (Å²) in [6.07, 6.45) is 3.34. The van der Waals surface area contributed by atoms with E-state index < -0.39 is 0 Å². The lowest BCUT2D eigenvalue weighted by atomic mass is 10.1. The molecule has 0 heterocycles. The van der Waals surface area contributed by atoms with Gasteiger partial charge in [0.2, 0.25) is 0 Å². The van der Waals surface area contributed by atoms with E-state index in [1.54, 1.807) is 0 Å². The van der Waals surface area contributed by atoms with Crippen molar-refractivity contribution < 1.29 is 0 Å². The van der Waals surface area contributed by atoms with Crippen LogP contribution < -0.4 is 0 Å². The Morgan fingerprint density at radius 2 is 1.90 bits per heavy atom. The first-order chi connectivity index (χ1) is 4.44. The van der Waals surface area contributed by atoms with Gasteiger partial charge in [-0.15, -0.1) is 0 Å². The van der Waals surface area contributed by atoms with Gasteiger partial charge < -0.3 is 0 Å². The first kappa shape index (κ1) is 8.79. The second-order valence-corrected chi connectivity index (χ2v) is 5.71. The third kappa shape index (κ3) is 1.10. The van der Waals surface area contributed by atoms with Crippen molar-refractivity contribution in [2.24, 2.45) is 5.41 Å². The van der Waals surface area contributed by atoms with Gasteiger partial charge in [0, 0.05) is 4.48 Å². The summed E-state index contributed by atoms with van der Waals surface area (Å²) < 4.78 is 1.53. The highest BCUT2D eigenvalue weighted by Crippen LogP contribution is 2.66. The molecule has 1 rings (SSSR count). The third-order valence-corrected chi connectivity index (χ3v) is 5.71. The highest BCUT2D eigenvalue weighted by Gasteiger charge is 2.60. The molecule has 0 amide bonds. The van der Waals surface area contributed by atoms with Gasteiger partial charge in [0.1, 0.15) is 0 Å². The second kappa shape index (κ2) is 2.34. The van der Waals surface area contributed by atoms with Gasteiger partial charge in [0.25, 0.3) is 0 Å². The maximum Gasteiger partial charge on any atom is 0.0625 e. The monoisotopic (exact) mass is 266 g/mol. The molecule has 0 spiro atoms. The van der Waals surface area contributed by atoms with E-state index in [1.807, 2.05) is 0 Å². The molecular formula is C8H12Br2. The molecule has 1 aliphatic rings. The molecule has 0 aromatic carbocycles. The van der Waals surface area contributed by atoms with Crippen molar-refractivity contribution in [2.45, 2.75) is 31.5 Å². The number of hydrogen-bond donors (Lipinski definition) is 0. The SMILES string of the molecule is C/C=C(\Br)C1(Br)CC1(C)C. The molecule has 0 saturated heterocycles. The fourth-order valence-corrected chi connectivity index (χ4v) is 2.81. The Kier molecular flexibility index (Phi) is 2.06. The molecule has 0 aromatic rings. The second-order valence-electron chi connectivity index (χ2n) is 3.50. The molecule has 0 nitrogen and oxygen atoms in total. The predicted molar refractivity (Wildman–Crippen MR) is 52.7 cm³/mol. The number of halogens is 2. The van der Waals surface area contributed by atoms with E-state index in [4.69, 9.17) is 0 Å². The Balaban J connectivity index is 2.78. The summed E-state index contributed by atoms with van der Waals surface area (Å²) in [4.78, 5) is 0. The van der Waals surface area contributed by atoms with Crippen molar-refractivity contribution in [3.63, 3.8) is 0 Å². The number of alkyl halides is 1. The quantitative estimate of drug-likeness (QED) is 0.633. The van der Waals surface area contributed by atoms with Gasteiger partial charge in [-0.2, -0.15) is 0 Å². The topological polar surface area (TPSA) is 0 Å². The number of hydrogen-bond acceptors (Lipinski definition) is 0. The molecule has 1 saturated carbocycles. The maximum atomic E-state index is 3.72. The molecule has 10 heavy (non-hydrogen) atoms. The summed E-state index contributed by atoms with van der Waals surface area (Å²) in [7, 11) is 0. The van der Waals surface area contributed by atoms with Crippen molar-refractivity contribution >= 4 is 31.9 Å². The summed E-state index contributed by atoms with van der Waals surface area (Å²) in [5.41, 5.74) is 0.429. The van der Waals surface area contributed by atoms with Gasteiger partial charge in [-0.3, -0.25) is 0 Å². The summed E-state index contributed by atoms with van der Waals surface area (Å²) in [5.74, 6) is 0. The van der Waals surface area contributed by atoms with Crippen LogP contribution >= 0.6 is 31.9 Å². The van der Waals surface area contributed by atoms with Crippen LogP contribution in [0.15, 0.2) is 10.6 Å². The van der Waals surface area contributed by atoms with E-state index in [-0.39, 0.29) is 4.32 Å². The first-order valence-corrected chi connectivity index (χ1v) is 5.04. The Morgan fingerprint density at radius 1 is 1.50 bits per heavy atom. The van der Waals surface area contributed by atoms with Crippen LogP contribution in [0.2, 0.25) is 0 Å². The average molecular weight is 268 g/mol. The van der Waals surface area contributed by atoms with Crippen LogP contribution in [0.1, 0.15) is 27.2 Å². The van der Waals surface area contributed by atoms with Crippen molar-refractivity contribution in [3.05, 3.63) is 10.6 Å². The zero-order chi connectivity index (χ0) is 7.99. The Bertz CT molecular complexity index is 182. The number of rotatable bonds is 1. The largest absolute Gasteiger partial charge is 0.0789 e. The van der Waals surface area contributed by atoms with E-state index in [0.29, 0.717) is 5.41 Å². The van der Waals surface area contributed by atoms with Crippen molar-refractivity contribution in [3.8, 4) is 0 Å². The molecule has 58 valence electrons. The Hall–Kier alpha value is 0.700. The number of allylic oxidation sites excluding steroid dienone is 2. The van der Waals surface area contributed by atoms with Gasteiger partial charge >= 0.3 is 0 Å². The third-order valence-electron chi connectivity index (χ3n) is 2.27. The van der Waals surface area contributed by atoms with E-state index in [9.17, 15) is 0 Å². The maximum absolute atomic E-state index is 3.72. The van der Waals surface area contributed by atoms with E-state index in [2.05, 4.69) is 58.7 Å². The van der Waals surface area contributed by atoms with Gasteiger partial charge in [-0.25, -0.2) is 0 Å². The normalized spacial score (nSPS) is 37.9. The van der Waals surface area contributed by atoms with E-state index in [0.717, 1.165) is 0 Å². The van der Waals surface area contributed by atoms with Crippen LogP contribution in [0, 0.1) is 5.41 Å². The molecule has 1 atom stereocenters. The average Bonchev–Trinajstić information content (AvgIpc) is 2.32. The van der Waals surface area contributed by atoms with Crippen LogP contribution in [0.5, 0.6) is 0 Å². The van der Waals surface area contributed by atoms with Crippen LogP contribution in [0.3, 0.4) is 0 Å². The van der Waals surface area contributed by atoms with Crippen molar-refractivity contribution in [2.75, 3.05) is 0 Å². The highest BCUT2D eigenvalue weighted by atomic mass is 79.9. The molecule has 2 heteroatoms. The molecule has 0 aromatic heterocycles. The summed E-state index contributed by atoms with van der Waals surface area (Å²) >= 11 is 7.27. The molecule has 0 aliphatic heterocycles. The Labute approximate surface area is 79.3 Å². The lowest BCUT2D eigenvalue weighted by molar-refractivity contribution is 0.629. The minimum atomic E-state index is 0.245. The van der Waals surface area contributed by atoms with Crippen molar-refractivity contribution in [1.29, 1.82) is 0 Å². The predicted octanol–water partition coefficient (Wildman–Crippen LogP) is 3.85. The Morgan fingerprint density at radius 3 is 2.00 bits per heavy atom. The molecule has 1 fully saturated rings.